The molecule has 0 heterocycles. The summed E-state index contributed by atoms with van der Waals surface area (Å²) in [5, 5.41) is 14.4. The number of amides is 2. The van der Waals surface area contributed by atoms with E-state index in [-0.39, 0.29) is 23.1 Å². The normalized spacial score (nSPS) is 10.5. The van der Waals surface area contributed by atoms with E-state index < -0.39 is 4.92 Å². The summed E-state index contributed by atoms with van der Waals surface area (Å²) in [7, 11) is 4.92. The standard InChI is InChI=1S/C22H28N4O5/c1-5-25(15-16-6-8-17(9-7-16)21(27)24(2)3)22(28)18-10-11-19(23-12-13-31-4)20(14-18)26(29)30/h6-11,14,23H,5,12-13,15H2,1-4H3. The number of hydrogen-bond acceptors (Lipinski definition) is 6. The van der Waals surface area contributed by atoms with Crippen LogP contribution in [0.25, 0.3) is 0 Å². The maximum atomic E-state index is 13.0. The molecule has 0 aliphatic rings. The average molecular weight is 428 g/mol. The highest BCUT2D eigenvalue weighted by Gasteiger charge is 2.21. The van der Waals surface area contributed by atoms with Crippen LogP contribution in [0.3, 0.4) is 0 Å². The molecule has 0 unspecified atom stereocenters. The van der Waals surface area contributed by atoms with Gasteiger partial charge >= 0.3 is 0 Å². The molecule has 0 spiro atoms. The summed E-state index contributed by atoms with van der Waals surface area (Å²) in [6.45, 7) is 3.42. The van der Waals surface area contributed by atoms with E-state index in [1.165, 1.54) is 17.0 Å². The molecule has 0 aromatic heterocycles. The van der Waals surface area contributed by atoms with Crippen molar-refractivity contribution < 1.29 is 19.2 Å². The Labute approximate surface area is 181 Å². The SMILES string of the molecule is CCN(Cc1ccc(C(=O)N(C)C)cc1)C(=O)c1ccc(NCCOC)c([N+](=O)[O-])c1. The molecule has 0 saturated carbocycles. The van der Waals surface area contributed by atoms with Gasteiger partial charge in [-0.3, -0.25) is 19.7 Å². The number of benzene rings is 2. The van der Waals surface area contributed by atoms with Gasteiger partial charge in [-0.05, 0) is 36.8 Å². The summed E-state index contributed by atoms with van der Waals surface area (Å²) in [5.41, 5.74) is 1.84. The molecule has 9 heteroatoms. The van der Waals surface area contributed by atoms with E-state index in [0.717, 1.165) is 5.56 Å². The Hall–Kier alpha value is -3.46. The van der Waals surface area contributed by atoms with Gasteiger partial charge in [-0.2, -0.15) is 0 Å². The van der Waals surface area contributed by atoms with Crippen LogP contribution in [0.15, 0.2) is 42.5 Å². The number of anilines is 1. The Morgan fingerprint density at radius 2 is 1.71 bits per heavy atom. The lowest BCUT2D eigenvalue weighted by Gasteiger charge is -2.21. The van der Waals surface area contributed by atoms with E-state index in [2.05, 4.69) is 5.32 Å². The molecule has 0 fully saturated rings. The molecule has 166 valence electrons. The van der Waals surface area contributed by atoms with Gasteiger partial charge in [0.15, 0.2) is 0 Å². The second kappa shape index (κ2) is 11.1. The molecule has 0 atom stereocenters. The number of rotatable bonds is 10. The summed E-state index contributed by atoms with van der Waals surface area (Å²) in [5.74, 6) is -0.399. The summed E-state index contributed by atoms with van der Waals surface area (Å²) >= 11 is 0. The zero-order valence-electron chi connectivity index (χ0n) is 18.3. The van der Waals surface area contributed by atoms with Gasteiger partial charge in [0.2, 0.25) is 0 Å². The van der Waals surface area contributed by atoms with Crippen molar-refractivity contribution >= 4 is 23.2 Å². The minimum atomic E-state index is -0.511. The number of hydrogen-bond donors (Lipinski definition) is 1. The Kier molecular flexibility index (Phi) is 8.51. The van der Waals surface area contributed by atoms with Crippen LogP contribution < -0.4 is 5.32 Å². The van der Waals surface area contributed by atoms with Crippen LogP contribution in [-0.2, 0) is 11.3 Å². The zero-order valence-corrected chi connectivity index (χ0v) is 18.3. The fourth-order valence-electron chi connectivity index (χ4n) is 2.99. The fourth-order valence-corrected chi connectivity index (χ4v) is 2.99. The molecule has 2 amide bonds. The topological polar surface area (TPSA) is 105 Å². The third-order valence-electron chi connectivity index (χ3n) is 4.71. The van der Waals surface area contributed by atoms with Crippen LogP contribution >= 0.6 is 0 Å². The van der Waals surface area contributed by atoms with Gasteiger partial charge in [-0.15, -0.1) is 0 Å². The molecular weight excluding hydrogens is 400 g/mol. The van der Waals surface area contributed by atoms with Crippen LogP contribution in [0.2, 0.25) is 0 Å². The number of carbonyl (C=O) groups excluding carboxylic acids is 2. The fraction of sp³-hybridized carbons (Fsp3) is 0.364. The first kappa shape index (κ1) is 23.8. The van der Waals surface area contributed by atoms with Crippen molar-refractivity contribution in [3.8, 4) is 0 Å². The number of ether oxygens (including phenoxy) is 1. The summed E-state index contributed by atoms with van der Waals surface area (Å²) < 4.78 is 4.95. The summed E-state index contributed by atoms with van der Waals surface area (Å²) in [6, 6.07) is 11.5. The molecule has 0 aliphatic carbocycles. The van der Waals surface area contributed by atoms with Crippen LogP contribution in [0.5, 0.6) is 0 Å². The van der Waals surface area contributed by atoms with E-state index in [1.807, 2.05) is 6.92 Å². The Morgan fingerprint density at radius 1 is 1.06 bits per heavy atom. The van der Waals surface area contributed by atoms with Gasteiger partial charge in [-0.1, -0.05) is 12.1 Å². The molecule has 2 aromatic rings. The van der Waals surface area contributed by atoms with Crippen LogP contribution in [0.1, 0.15) is 33.2 Å². The molecule has 1 N–H and O–H groups in total. The van der Waals surface area contributed by atoms with E-state index in [1.54, 1.807) is 56.4 Å². The van der Waals surface area contributed by atoms with E-state index in [4.69, 9.17) is 4.74 Å². The van der Waals surface area contributed by atoms with Crippen LogP contribution in [-0.4, -0.2) is 67.4 Å². The molecule has 2 rings (SSSR count). The largest absolute Gasteiger partial charge is 0.383 e. The zero-order chi connectivity index (χ0) is 23.0. The summed E-state index contributed by atoms with van der Waals surface area (Å²) in [6.07, 6.45) is 0. The van der Waals surface area contributed by atoms with E-state index in [9.17, 15) is 19.7 Å². The summed E-state index contributed by atoms with van der Waals surface area (Å²) in [4.78, 5) is 39.1. The quantitative estimate of drug-likeness (QED) is 0.354. The highest BCUT2D eigenvalue weighted by molar-refractivity contribution is 5.96. The Balaban J connectivity index is 2.18. The number of carbonyl (C=O) groups is 2. The second-order valence-corrected chi connectivity index (χ2v) is 7.12. The van der Waals surface area contributed by atoms with Gasteiger partial charge < -0.3 is 19.9 Å². The van der Waals surface area contributed by atoms with Crippen molar-refractivity contribution in [1.29, 1.82) is 0 Å². The van der Waals surface area contributed by atoms with Crippen molar-refractivity contribution in [2.75, 3.05) is 46.2 Å². The maximum Gasteiger partial charge on any atom is 0.293 e. The smallest absolute Gasteiger partial charge is 0.293 e. The first-order valence-electron chi connectivity index (χ1n) is 9.89. The molecule has 0 bridgehead atoms. The number of nitrogens with one attached hydrogen (secondary N) is 1. The monoisotopic (exact) mass is 428 g/mol. The molecular formula is C22H28N4O5. The number of methoxy groups -OCH3 is 1. The molecule has 0 saturated heterocycles. The maximum absolute atomic E-state index is 13.0. The van der Waals surface area contributed by atoms with Gasteiger partial charge in [0.05, 0.1) is 11.5 Å². The van der Waals surface area contributed by atoms with Gasteiger partial charge in [0, 0.05) is 58.0 Å². The lowest BCUT2D eigenvalue weighted by Crippen LogP contribution is -2.30. The van der Waals surface area contributed by atoms with Crippen molar-refractivity contribution in [2.24, 2.45) is 0 Å². The van der Waals surface area contributed by atoms with E-state index >= 15 is 0 Å². The van der Waals surface area contributed by atoms with Gasteiger partial charge in [0.1, 0.15) is 5.69 Å². The molecule has 0 radical (unpaired) electrons. The molecule has 0 aliphatic heterocycles. The third kappa shape index (κ3) is 6.26. The molecule has 2 aromatic carbocycles. The van der Waals surface area contributed by atoms with Crippen molar-refractivity contribution in [2.45, 2.75) is 13.5 Å². The highest BCUT2D eigenvalue weighted by atomic mass is 16.6. The second-order valence-electron chi connectivity index (χ2n) is 7.12. The van der Waals surface area contributed by atoms with Crippen molar-refractivity contribution in [3.05, 3.63) is 69.3 Å². The lowest BCUT2D eigenvalue weighted by molar-refractivity contribution is -0.384. The van der Waals surface area contributed by atoms with Crippen molar-refractivity contribution in [3.63, 3.8) is 0 Å². The molecule has 31 heavy (non-hydrogen) atoms. The number of nitrogens with zero attached hydrogens (tertiary/aromatic N) is 3. The van der Waals surface area contributed by atoms with E-state index in [0.29, 0.717) is 37.5 Å². The lowest BCUT2D eigenvalue weighted by atomic mass is 10.1. The minimum absolute atomic E-state index is 0.0959. The average Bonchev–Trinajstić information content (AvgIpc) is 2.77. The number of nitro benzene ring substituents is 1. The van der Waals surface area contributed by atoms with Gasteiger partial charge in [0.25, 0.3) is 17.5 Å². The highest BCUT2D eigenvalue weighted by Crippen LogP contribution is 2.26. The molecule has 9 nitrogen and oxygen atoms in total. The predicted octanol–water partition coefficient (Wildman–Crippen LogP) is 3.02. The Morgan fingerprint density at radius 3 is 2.26 bits per heavy atom. The van der Waals surface area contributed by atoms with Crippen LogP contribution in [0, 0.1) is 10.1 Å². The number of nitro groups is 1. The Bertz CT molecular complexity index is 928. The first-order valence-corrected chi connectivity index (χ1v) is 9.89. The minimum Gasteiger partial charge on any atom is -0.383 e. The predicted molar refractivity (Wildman–Crippen MR) is 118 cm³/mol. The third-order valence-corrected chi connectivity index (χ3v) is 4.71. The van der Waals surface area contributed by atoms with Gasteiger partial charge in [-0.25, -0.2) is 0 Å². The first-order chi connectivity index (χ1) is 14.8. The van der Waals surface area contributed by atoms with Crippen LogP contribution in [0.4, 0.5) is 11.4 Å². The van der Waals surface area contributed by atoms with Crippen molar-refractivity contribution in [1.82, 2.24) is 9.80 Å².